The molecule has 3 nitrogen and oxygen atoms in total. The van der Waals surface area contributed by atoms with E-state index >= 15 is 0 Å². The van der Waals surface area contributed by atoms with E-state index in [0.717, 1.165) is 37.8 Å². The summed E-state index contributed by atoms with van der Waals surface area (Å²) in [4.78, 5) is 14.9. The molecule has 1 amide bonds. The van der Waals surface area contributed by atoms with E-state index in [9.17, 15) is 13.6 Å². The number of hydrogen-bond acceptors (Lipinski definition) is 2. The van der Waals surface area contributed by atoms with Gasteiger partial charge in [-0.05, 0) is 65.2 Å². The van der Waals surface area contributed by atoms with E-state index in [-0.39, 0.29) is 28.6 Å². The fraction of sp³-hybridized carbons (Fsp3) is 0.650. The van der Waals surface area contributed by atoms with Gasteiger partial charge < -0.3 is 10.2 Å². The van der Waals surface area contributed by atoms with Crippen molar-refractivity contribution >= 4 is 5.91 Å². The standard InChI is InChI=1S/C20H30F2N2O/c1-6-7-10-24(15-12-19(2,3)23-20(4,5)13-15)18(25)14-8-9-16(21)17(22)11-14/h8-9,11,15,23H,6-7,10,12-13H2,1-5H3. The van der Waals surface area contributed by atoms with Crippen LogP contribution in [0.1, 0.15) is 70.7 Å². The Kier molecular flexibility index (Phi) is 5.87. The highest BCUT2D eigenvalue weighted by molar-refractivity contribution is 5.94. The lowest BCUT2D eigenvalue weighted by molar-refractivity contribution is 0.0441. The number of hydrogen-bond donors (Lipinski definition) is 1. The van der Waals surface area contributed by atoms with Crippen LogP contribution in [-0.2, 0) is 0 Å². The summed E-state index contributed by atoms with van der Waals surface area (Å²) in [6.07, 6.45) is 3.52. The summed E-state index contributed by atoms with van der Waals surface area (Å²) in [5.74, 6) is -2.13. The summed E-state index contributed by atoms with van der Waals surface area (Å²) in [7, 11) is 0. The minimum Gasteiger partial charge on any atom is -0.336 e. The Morgan fingerprint density at radius 2 is 1.76 bits per heavy atom. The molecule has 1 aromatic rings. The Morgan fingerprint density at radius 1 is 1.16 bits per heavy atom. The van der Waals surface area contributed by atoms with Gasteiger partial charge in [0, 0.05) is 29.2 Å². The first-order valence-corrected chi connectivity index (χ1v) is 9.10. The zero-order chi connectivity index (χ0) is 18.8. The van der Waals surface area contributed by atoms with Crippen LogP contribution in [0.5, 0.6) is 0 Å². The number of amides is 1. The molecule has 25 heavy (non-hydrogen) atoms. The van der Waals surface area contributed by atoms with Crippen molar-refractivity contribution in [2.75, 3.05) is 6.54 Å². The molecule has 2 rings (SSSR count). The number of halogens is 2. The maximum Gasteiger partial charge on any atom is 0.254 e. The summed E-state index contributed by atoms with van der Waals surface area (Å²) in [5.41, 5.74) is 0.0281. The predicted molar refractivity (Wildman–Crippen MR) is 96.6 cm³/mol. The fourth-order valence-electron chi connectivity index (χ4n) is 4.06. The van der Waals surface area contributed by atoms with Crippen LogP contribution >= 0.6 is 0 Å². The highest BCUT2D eigenvalue weighted by Crippen LogP contribution is 2.32. The van der Waals surface area contributed by atoms with E-state index in [1.54, 1.807) is 0 Å². The zero-order valence-electron chi connectivity index (χ0n) is 16.0. The maximum absolute atomic E-state index is 13.6. The summed E-state index contributed by atoms with van der Waals surface area (Å²) in [6.45, 7) is 11.3. The molecule has 1 aromatic carbocycles. The second-order valence-corrected chi connectivity index (χ2v) is 8.44. The molecule has 0 saturated carbocycles. The molecule has 1 fully saturated rings. The number of rotatable bonds is 5. The first-order chi connectivity index (χ1) is 11.5. The lowest BCUT2D eigenvalue weighted by Crippen LogP contribution is -2.62. The first kappa shape index (κ1) is 19.8. The average Bonchev–Trinajstić information content (AvgIpc) is 2.47. The van der Waals surface area contributed by atoms with E-state index in [1.807, 2.05) is 4.90 Å². The van der Waals surface area contributed by atoms with Gasteiger partial charge in [0.25, 0.3) is 5.91 Å². The monoisotopic (exact) mass is 352 g/mol. The molecule has 1 aliphatic rings. The molecule has 1 saturated heterocycles. The third-order valence-corrected chi connectivity index (χ3v) is 4.79. The molecule has 0 spiro atoms. The van der Waals surface area contributed by atoms with Crippen LogP contribution in [0.3, 0.4) is 0 Å². The van der Waals surface area contributed by atoms with E-state index in [0.29, 0.717) is 6.54 Å². The van der Waals surface area contributed by atoms with Crippen molar-refractivity contribution in [3.8, 4) is 0 Å². The third kappa shape index (κ3) is 5.00. The summed E-state index contributed by atoms with van der Waals surface area (Å²) in [6, 6.07) is 3.47. The van der Waals surface area contributed by atoms with Gasteiger partial charge >= 0.3 is 0 Å². The molecule has 1 aliphatic heterocycles. The Labute approximate surface area is 149 Å². The summed E-state index contributed by atoms with van der Waals surface area (Å²) < 4.78 is 26.8. The number of benzene rings is 1. The van der Waals surface area contributed by atoms with Crippen molar-refractivity contribution in [2.45, 2.75) is 77.4 Å². The molecule has 1 N–H and O–H groups in total. The minimum absolute atomic E-state index is 0.0680. The van der Waals surface area contributed by atoms with Gasteiger partial charge in [-0.25, -0.2) is 8.78 Å². The number of carbonyl (C=O) groups is 1. The number of carbonyl (C=O) groups excluding carboxylic acids is 1. The minimum atomic E-state index is -0.979. The van der Waals surface area contributed by atoms with Crippen LogP contribution in [0.4, 0.5) is 8.78 Å². The van der Waals surface area contributed by atoms with Crippen LogP contribution in [0, 0.1) is 11.6 Å². The smallest absolute Gasteiger partial charge is 0.254 e. The molecule has 0 radical (unpaired) electrons. The summed E-state index contributed by atoms with van der Waals surface area (Å²) in [5, 5.41) is 3.62. The topological polar surface area (TPSA) is 32.3 Å². The van der Waals surface area contributed by atoms with E-state index in [1.165, 1.54) is 6.07 Å². The van der Waals surface area contributed by atoms with Gasteiger partial charge in [0.2, 0.25) is 0 Å². The van der Waals surface area contributed by atoms with Gasteiger partial charge in [0.05, 0.1) is 0 Å². The number of unbranched alkanes of at least 4 members (excludes halogenated alkanes) is 1. The van der Waals surface area contributed by atoms with Crippen molar-refractivity contribution in [1.82, 2.24) is 10.2 Å². The van der Waals surface area contributed by atoms with Crippen molar-refractivity contribution in [3.63, 3.8) is 0 Å². The SMILES string of the molecule is CCCCN(C(=O)c1ccc(F)c(F)c1)C1CC(C)(C)NC(C)(C)C1. The molecule has 1 heterocycles. The molecular weight excluding hydrogens is 322 g/mol. The van der Waals surface area contributed by atoms with Crippen LogP contribution in [0.15, 0.2) is 18.2 Å². The molecule has 0 aliphatic carbocycles. The van der Waals surface area contributed by atoms with Gasteiger partial charge in [0.15, 0.2) is 11.6 Å². The van der Waals surface area contributed by atoms with Gasteiger partial charge in [-0.15, -0.1) is 0 Å². The maximum atomic E-state index is 13.6. The normalized spacial score (nSPS) is 19.6. The lowest BCUT2D eigenvalue weighted by Gasteiger charge is -2.49. The van der Waals surface area contributed by atoms with E-state index in [2.05, 4.69) is 39.9 Å². The Hall–Kier alpha value is -1.49. The van der Waals surface area contributed by atoms with Gasteiger partial charge in [-0.1, -0.05) is 13.3 Å². The van der Waals surface area contributed by atoms with Crippen molar-refractivity contribution < 1.29 is 13.6 Å². The molecular formula is C20H30F2N2O. The van der Waals surface area contributed by atoms with E-state index < -0.39 is 11.6 Å². The molecule has 0 unspecified atom stereocenters. The Bertz CT molecular complexity index is 612. The quantitative estimate of drug-likeness (QED) is 0.845. The molecule has 0 aromatic heterocycles. The largest absolute Gasteiger partial charge is 0.336 e. The van der Waals surface area contributed by atoms with Gasteiger partial charge in [-0.2, -0.15) is 0 Å². The Morgan fingerprint density at radius 3 is 2.28 bits per heavy atom. The van der Waals surface area contributed by atoms with Crippen LogP contribution in [0.2, 0.25) is 0 Å². The van der Waals surface area contributed by atoms with Crippen LogP contribution < -0.4 is 5.32 Å². The van der Waals surface area contributed by atoms with Gasteiger partial charge in [-0.3, -0.25) is 4.79 Å². The molecule has 5 heteroatoms. The highest BCUT2D eigenvalue weighted by atomic mass is 19.2. The van der Waals surface area contributed by atoms with Crippen LogP contribution in [-0.4, -0.2) is 34.5 Å². The Balaban J connectivity index is 2.31. The van der Waals surface area contributed by atoms with Crippen LogP contribution in [0.25, 0.3) is 0 Å². The average molecular weight is 352 g/mol. The molecule has 140 valence electrons. The lowest BCUT2D eigenvalue weighted by atomic mass is 9.78. The highest BCUT2D eigenvalue weighted by Gasteiger charge is 2.41. The first-order valence-electron chi connectivity index (χ1n) is 9.10. The second kappa shape index (κ2) is 7.40. The van der Waals surface area contributed by atoms with Crippen molar-refractivity contribution in [1.29, 1.82) is 0 Å². The molecule has 0 bridgehead atoms. The zero-order valence-corrected chi connectivity index (χ0v) is 16.0. The fourth-order valence-corrected chi connectivity index (χ4v) is 4.06. The third-order valence-electron chi connectivity index (χ3n) is 4.79. The molecule has 0 atom stereocenters. The predicted octanol–water partition coefficient (Wildman–Crippen LogP) is 4.52. The van der Waals surface area contributed by atoms with Crippen molar-refractivity contribution in [3.05, 3.63) is 35.4 Å². The number of nitrogens with one attached hydrogen (secondary N) is 1. The second-order valence-electron chi connectivity index (χ2n) is 8.44. The summed E-state index contributed by atoms with van der Waals surface area (Å²) >= 11 is 0. The van der Waals surface area contributed by atoms with Gasteiger partial charge in [0.1, 0.15) is 0 Å². The number of nitrogens with zero attached hydrogens (tertiary/aromatic N) is 1. The van der Waals surface area contributed by atoms with Crippen molar-refractivity contribution in [2.24, 2.45) is 0 Å². The van der Waals surface area contributed by atoms with E-state index in [4.69, 9.17) is 0 Å². The number of piperidine rings is 1.